The summed E-state index contributed by atoms with van der Waals surface area (Å²) >= 11 is 1.58. The quantitative estimate of drug-likeness (QED) is 0.823. The molecule has 21 heavy (non-hydrogen) atoms. The fourth-order valence-electron chi connectivity index (χ4n) is 2.07. The zero-order chi connectivity index (χ0) is 15.3. The second kappa shape index (κ2) is 7.17. The summed E-state index contributed by atoms with van der Waals surface area (Å²) in [6, 6.07) is 8.98. The number of nitrogens with one attached hydrogen (secondary N) is 2. The maximum atomic E-state index is 12.3. The third-order valence-corrected chi connectivity index (χ3v) is 5.64. The average Bonchev–Trinajstić information content (AvgIpc) is 2.94. The second-order valence-corrected chi connectivity index (χ2v) is 7.49. The van der Waals surface area contributed by atoms with Gasteiger partial charge in [0.1, 0.15) is 0 Å². The lowest BCUT2D eigenvalue weighted by atomic mass is 10.2. The van der Waals surface area contributed by atoms with Gasteiger partial charge in [0.25, 0.3) is 0 Å². The maximum absolute atomic E-state index is 12.3. The molecule has 4 nitrogen and oxygen atoms in total. The van der Waals surface area contributed by atoms with Crippen molar-refractivity contribution >= 4 is 21.4 Å². The highest BCUT2D eigenvalue weighted by Gasteiger charge is 2.14. The summed E-state index contributed by atoms with van der Waals surface area (Å²) in [4.78, 5) is 1.38. The van der Waals surface area contributed by atoms with Crippen LogP contribution in [0.25, 0.3) is 0 Å². The molecule has 114 valence electrons. The molecule has 0 saturated heterocycles. The molecule has 6 heteroatoms. The van der Waals surface area contributed by atoms with Crippen molar-refractivity contribution in [2.75, 3.05) is 7.05 Å². The smallest absolute Gasteiger partial charge is 0.240 e. The van der Waals surface area contributed by atoms with Crippen molar-refractivity contribution in [3.63, 3.8) is 0 Å². The average molecular weight is 324 g/mol. The van der Waals surface area contributed by atoms with Gasteiger partial charge in [-0.25, -0.2) is 13.1 Å². The summed E-state index contributed by atoms with van der Waals surface area (Å²) in [5.41, 5.74) is 2.26. The summed E-state index contributed by atoms with van der Waals surface area (Å²) in [6.45, 7) is 3.14. The summed E-state index contributed by atoms with van der Waals surface area (Å²) < 4.78 is 27.2. The van der Waals surface area contributed by atoms with Crippen LogP contribution in [0, 0.1) is 0 Å². The predicted molar refractivity (Wildman–Crippen MR) is 86.9 cm³/mol. The molecule has 0 fully saturated rings. The molecular formula is C15H20N2O2S2. The standard InChI is InChI=1S/C15H20N2O2S2/c1-3-13-8-9-20-15(13)11-17-21(18,19)14-6-4-12(5-7-14)10-16-2/h4-9,16-17H,3,10-11H2,1-2H3. The second-order valence-electron chi connectivity index (χ2n) is 4.72. The third kappa shape index (κ3) is 4.14. The van der Waals surface area contributed by atoms with Crippen LogP contribution in [0.4, 0.5) is 0 Å². The molecule has 1 aromatic carbocycles. The molecule has 1 aromatic heterocycles. The van der Waals surface area contributed by atoms with E-state index in [1.807, 2.05) is 30.6 Å². The topological polar surface area (TPSA) is 58.2 Å². The highest BCUT2D eigenvalue weighted by molar-refractivity contribution is 7.89. The van der Waals surface area contributed by atoms with Gasteiger partial charge in [-0.3, -0.25) is 0 Å². The van der Waals surface area contributed by atoms with E-state index >= 15 is 0 Å². The van der Waals surface area contributed by atoms with Gasteiger partial charge in [-0.05, 0) is 48.2 Å². The third-order valence-electron chi connectivity index (χ3n) is 3.26. The Morgan fingerprint density at radius 1 is 1.10 bits per heavy atom. The van der Waals surface area contributed by atoms with Gasteiger partial charge in [-0.15, -0.1) is 11.3 Å². The molecule has 0 saturated carbocycles. The van der Waals surface area contributed by atoms with Gasteiger partial charge in [0.2, 0.25) is 10.0 Å². The molecule has 0 radical (unpaired) electrons. The first-order valence-corrected chi connectivity index (χ1v) is 9.21. The zero-order valence-electron chi connectivity index (χ0n) is 12.2. The Bertz CT molecular complexity index is 676. The number of benzene rings is 1. The summed E-state index contributed by atoms with van der Waals surface area (Å²) in [5.74, 6) is 0. The SMILES string of the molecule is CCc1ccsc1CNS(=O)(=O)c1ccc(CNC)cc1. The minimum atomic E-state index is -3.46. The molecule has 0 aliphatic heterocycles. The van der Waals surface area contributed by atoms with Crippen molar-refractivity contribution in [2.45, 2.75) is 31.3 Å². The van der Waals surface area contributed by atoms with E-state index in [2.05, 4.69) is 17.0 Å². The van der Waals surface area contributed by atoms with E-state index in [0.29, 0.717) is 11.4 Å². The molecule has 0 atom stereocenters. The molecular weight excluding hydrogens is 304 g/mol. The van der Waals surface area contributed by atoms with Gasteiger partial charge in [-0.1, -0.05) is 19.1 Å². The number of aryl methyl sites for hydroxylation is 1. The molecule has 0 aliphatic carbocycles. The molecule has 0 unspecified atom stereocenters. The fraction of sp³-hybridized carbons (Fsp3) is 0.333. The largest absolute Gasteiger partial charge is 0.316 e. The van der Waals surface area contributed by atoms with Crippen molar-refractivity contribution in [3.05, 3.63) is 51.7 Å². The number of thiophene rings is 1. The Balaban J connectivity index is 2.07. The summed E-state index contributed by atoms with van der Waals surface area (Å²) in [7, 11) is -1.60. The monoisotopic (exact) mass is 324 g/mol. The Morgan fingerprint density at radius 3 is 2.43 bits per heavy atom. The molecule has 2 N–H and O–H groups in total. The number of hydrogen-bond donors (Lipinski definition) is 2. The van der Waals surface area contributed by atoms with Crippen LogP contribution in [0.15, 0.2) is 40.6 Å². The van der Waals surface area contributed by atoms with Gasteiger partial charge in [-0.2, -0.15) is 0 Å². The fourth-order valence-corrected chi connectivity index (χ4v) is 4.07. The molecule has 0 amide bonds. The lowest BCUT2D eigenvalue weighted by molar-refractivity contribution is 0.581. The molecule has 0 bridgehead atoms. The number of sulfonamides is 1. The molecule has 2 aromatic rings. The van der Waals surface area contributed by atoms with E-state index in [1.165, 1.54) is 5.56 Å². The van der Waals surface area contributed by atoms with Crippen LogP contribution in [-0.4, -0.2) is 15.5 Å². The van der Waals surface area contributed by atoms with E-state index in [-0.39, 0.29) is 0 Å². The van der Waals surface area contributed by atoms with Crippen LogP contribution in [0.2, 0.25) is 0 Å². The predicted octanol–water partition coefficient (Wildman–Crippen LogP) is 2.51. The lowest BCUT2D eigenvalue weighted by Crippen LogP contribution is -2.23. The molecule has 0 spiro atoms. The van der Waals surface area contributed by atoms with Gasteiger partial charge in [0.15, 0.2) is 0 Å². The lowest BCUT2D eigenvalue weighted by Gasteiger charge is -2.08. The van der Waals surface area contributed by atoms with Crippen LogP contribution < -0.4 is 10.0 Å². The van der Waals surface area contributed by atoms with E-state index in [4.69, 9.17) is 0 Å². The van der Waals surface area contributed by atoms with Gasteiger partial charge >= 0.3 is 0 Å². The van der Waals surface area contributed by atoms with Crippen LogP contribution in [0.5, 0.6) is 0 Å². The van der Waals surface area contributed by atoms with Crippen molar-refractivity contribution in [1.82, 2.24) is 10.0 Å². The maximum Gasteiger partial charge on any atom is 0.240 e. The van der Waals surface area contributed by atoms with Gasteiger partial charge in [0, 0.05) is 18.0 Å². The van der Waals surface area contributed by atoms with E-state index in [1.54, 1.807) is 23.5 Å². The molecule has 1 heterocycles. The van der Waals surface area contributed by atoms with E-state index in [0.717, 1.165) is 23.4 Å². The first kappa shape index (κ1) is 16.2. The van der Waals surface area contributed by atoms with Gasteiger partial charge in [0.05, 0.1) is 4.90 Å². The Morgan fingerprint density at radius 2 is 1.81 bits per heavy atom. The minimum absolute atomic E-state index is 0.303. The highest BCUT2D eigenvalue weighted by atomic mass is 32.2. The summed E-state index contributed by atoms with van der Waals surface area (Å²) in [6.07, 6.45) is 0.916. The van der Waals surface area contributed by atoms with Crippen LogP contribution in [-0.2, 0) is 29.5 Å². The minimum Gasteiger partial charge on any atom is -0.316 e. The molecule has 2 rings (SSSR count). The summed E-state index contributed by atoms with van der Waals surface area (Å²) in [5, 5.41) is 5.03. The first-order valence-electron chi connectivity index (χ1n) is 6.85. The van der Waals surface area contributed by atoms with Crippen molar-refractivity contribution in [3.8, 4) is 0 Å². The van der Waals surface area contributed by atoms with Crippen LogP contribution in [0.3, 0.4) is 0 Å². The Kier molecular flexibility index (Phi) is 5.52. The first-order chi connectivity index (χ1) is 10.1. The Labute approximate surface area is 130 Å². The van der Waals surface area contributed by atoms with E-state index in [9.17, 15) is 8.42 Å². The Hall–Kier alpha value is -1.21. The van der Waals surface area contributed by atoms with Crippen LogP contribution >= 0.6 is 11.3 Å². The van der Waals surface area contributed by atoms with Crippen molar-refractivity contribution in [2.24, 2.45) is 0 Å². The normalized spacial score (nSPS) is 11.7. The number of rotatable bonds is 7. The number of hydrogen-bond acceptors (Lipinski definition) is 4. The van der Waals surface area contributed by atoms with Gasteiger partial charge < -0.3 is 5.32 Å². The molecule has 0 aliphatic rings. The highest BCUT2D eigenvalue weighted by Crippen LogP contribution is 2.18. The van der Waals surface area contributed by atoms with Crippen LogP contribution in [0.1, 0.15) is 22.9 Å². The van der Waals surface area contributed by atoms with Crippen molar-refractivity contribution in [1.29, 1.82) is 0 Å². The zero-order valence-corrected chi connectivity index (χ0v) is 13.9. The van der Waals surface area contributed by atoms with E-state index < -0.39 is 10.0 Å². The van der Waals surface area contributed by atoms with Crippen molar-refractivity contribution < 1.29 is 8.42 Å².